The summed E-state index contributed by atoms with van der Waals surface area (Å²) in [7, 11) is 1.71. The van der Waals surface area contributed by atoms with E-state index in [0.29, 0.717) is 25.4 Å². The fraction of sp³-hybridized carbons (Fsp3) is 0.533. The Morgan fingerprint density at radius 3 is 2.79 bits per heavy atom. The van der Waals surface area contributed by atoms with E-state index < -0.39 is 0 Å². The van der Waals surface area contributed by atoms with E-state index in [9.17, 15) is 4.79 Å². The Morgan fingerprint density at radius 1 is 1.21 bits per heavy atom. The maximum Gasteiger partial charge on any atom is 0.161 e. The van der Waals surface area contributed by atoms with Gasteiger partial charge < -0.3 is 14.2 Å². The van der Waals surface area contributed by atoms with Gasteiger partial charge in [0.1, 0.15) is 19.0 Å². The summed E-state index contributed by atoms with van der Waals surface area (Å²) in [5.74, 6) is 1.73. The highest BCUT2D eigenvalue weighted by atomic mass is 16.6. The average Bonchev–Trinajstić information content (AvgIpc) is 2.47. The van der Waals surface area contributed by atoms with Gasteiger partial charge in [-0.2, -0.15) is 0 Å². The average molecular weight is 262 g/mol. The Balaban J connectivity index is 1.86. The molecule has 1 fully saturated rings. The zero-order chi connectivity index (χ0) is 13.2. The molecular formula is C15H18O4. The predicted molar refractivity (Wildman–Crippen MR) is 69.8 cm³/mol. The van der Waals surface area contributed by atoms with E-state index >= 15 is 0 Å². The van der Waals surface area contributed by atoms with Gasteiger partial charge in [0, 0.05) is 19.4 Å². The van der Waals surface area contributed by atoms with Crippen molar-refractivity contribution in [1.29, 1.82) is 0 Å². The molecular weight excluding hydrogens is 244 g/mol. The minimum absolute atomic E-state index is 0.0745. The van der Waals surface area contributed by atoms with Crippen LogP contribution in [0, 0.1) is 0 Å². The van der Waals surface area contributed by atoms with E-state index in [1.807, 2.05) is 18.2 Å². The van der Waals surface area contributed by atoms with E-state index in [1.165, 1.54) is 0 Å². The molecule has 4 nitrogen and oxygen atoms in total. The van der Waals surface area contributed by atoms with Crippen molar-refractivity contribution in [3.63, 3.8) is 0 Å². The van der Waals surface area contributed by atoms with Gasteiger partial charge in [0.2, 0.25) is 0 Å². The second kappa shape index (κ2) is 5.21. The van der Waals surface area contributed by atoms with Crippen molar-refractivity contribution >= 4 is 5.78 Å². The smallest absolute Gasteiger partial charge is 0.161 e. The normalized spacial score (nSPS) is 26.3. The summed E-state index contributed by atoms with van der Waals surface area (Å²) in [6, 6.07) is 5.80. The lowest BCUT2D eigenvalue weighted by Crippen LogP contribution is -2.27. The molecule has 0 aromatic heterocycles. The molecule has 0 radical (unpaired) electrons. The first kappa shape index (κ1) is 12.5. The minimum Gasteiger partial charge on any atom is -0.486 e. The zero-order valence-corrected chi connectivity index (χ0v) is 11.1. The van der Waals surface area contributed by atoms with Gasteiger partial charge in [0.25, 0.3) is 0 Å². The molecule has 2 atom stereocenters. The summed E-state index contributed by atoms with van der Waals surface area (Å²) in [6.07, 6.45) is 2.36. The minimum atomic E-state index is -0.0745. The second-order valence-electron chi connectivity index (χ2n) is 5.05. The number of methoxy groups -OCH3 is 1. The molecule has 0 amide bonds. The number of carbonyl (C=O) groups excluding carboxylic acids is 1. The van der Waals surface area contributed by atoms with Crippen LogP contribution in [-0.4, -0.2) is 32.2 Å². The molecule has 1 aliphatic heterocycles. The van der Waals surface area contributed by atoms with E-state index in [2.05, 4.69) is 0 Å². The van der Waals surface area contributed by atoms with Crippen LogP contribution < -0.4 is 9.47 Å². The summed E-state index contributed by atoms with van der Waals surface area (Å²) >= 11 is 0. The van der Waals surface area contributed by atoms with Gasteiger partial charge >= 0.3 is 0 Å². The van der Waals surface area contributed by atoms with Gasteiger partial charge in [0.05, 0.1) is 6.10 Å². The summed E-state index contributed by atoms with van der Waals surface area (Å²) in [5.41, 5.74) is 1.01. The molecule has 0 N–H and O–H groups in total. The topological polar surface area (TPSA) is 44.8 Å². The number of rotatable bonds is 2. The molecule has 102 valence electrons. The highest BCUT2D eigenvalue weighted by molar-refractivity contribution is 5.86. The summed E-state index contributed by atoms with van der Waals surface area (Å²) < 4.78 is 16.5. The van der Waals surface area contributed by atoms with Gasteiger partial charge in [-0.1, -0.05) is 6.07 Å². The summed E-state index contributed by atoms with van der Waals surface area (Å²) in [4.78, 5) is 12.1. The van der Waals surface area contributed by atoms with E-state index in [0.717, 1.165) is 29.9 Å². The SMILES string of the molecule is COC1CCC(=O)C(c2ccc3c(c2)OCCO3)C1. The fourth-order valence-electron chi connectivity index (χ4n) is 2.80. The van der Waals surface area contributed by atoms with Crippen molar-refractivity contribution in [3.8, 4) is 11.5 Å². The third-order valence-corrected chi connectivity index (χ3v) is 3.90. The van der Waals surface area contributed by atoms with Crippen LogP contribution in [0.15, 0.2) is 18.2 Å². The number of carbonyl (C=O) groups is 1. The van der Waals surface area contributed by atoms with Crippen molar-refractivity contribution < 1.29 is 19.0 Å². The van der Waals surface area contributed by atoms with E-state index in [4.69, 9.17) is 14.2 Å². The standard InChI is InChI=1S/C15H18O4/c1-17-11-3-4-13(16)12(9-11)10-2-5-14-15(8-10)19-7-6-18-14/h2,5,8,11-12H,3-4,6-7,9H2,1H3. The molecule has 1 aromatic carbocycles. The maximum atomic E-state index is 12.1. The van der Waals surface area contributed by atoms with Crippen molar-refractivity contribution in [3.05, 3.63) is 23.8 Å². The van der Waals surface area contributed by atoms with Crippen LogP contribution in [-0.2, 0) is 9.53 Å². The third-order valence-electron chi connectivity index (χ3n) is 3.90. The number of Topliss-reactive ketones (excluding diaryl/α,β-unsaturated/α-hetero) is 1. The number of hydrogen-bond acceptors (Lipinski definition) is 4. The molecule has 1 heterocycles. The molecule has 1 saturated carbocycles. The lowest BCUT2D eigenvalue weighted by Gasteiger charge is -2.28. The maximum absolute atomic E-state index is 12.1. The second-order valence-corrected chi connectivity index (χ2v) is 5.05. The van der Waals surface area contributed by atoms with Gasteiger partial charge in [-0.3, -0.25) is 4.79 Å². The van der Waals surface area contributed by atoms with Crippen molar-refractivity contribution in [2.24, 2.45) is 0 Å². The molecule has 3 rings (SSSR count). The van der Waals surface area contributed by atoms with E-state index in [1.54, 1.807) is 7.11 Å². The highest BCUT2D eigenvalue weighted by Crippen LogP contribution is 2.37. The lowest BCUT2D eigenvalue weighted by atomic mass is 9.81. The number of hydrogen-bond donors (Lipinski definition) is 0. The molecule has 4 heteroatoms. The largest absolute Gasteiger partial charge is 0.486 e. The van der Waals surface area contributed by atoms with Crippen LogP contribution in [0.25, 0.3) is 0 Å². The Hall–Kier alpha value is -1.55. The Bertz CT molecular complexity index is 483. The zero-order valence-electron chi connectivity index (χ0n) is 11.1. The lowest BCUT2D eigenvalue weighted by molar-refractivity contribution is -0.124. The Morgan fingerprint density at radius 2 is 2.00 bits per heavy atom. The molecule has 0 spiro atoms. The third kappa shape index (κ3) is 2.45. The first-order valence-corrected chi connectivity index (χ1v) is 6.73. The van der Waals surface area contributed by atoms with Crippen LogP contribution in [0.2, 0.25) is 0 Å². The van der Waals surface area contributed by atoms with Crippen LogP contribution in [0.3, 0.4) is 0 Å². The van der Waals surface area contributed by atoms with Crippen molar-refractivity contribution in [2.75, 3.05) is 20.3 Å². The fourth-order valence-corrected chi connectivity index (χ4v) is 2.80. The summed E-state index contributed by atoms with van der Waals surface area (Å²) in [5, 5.41) is 0. The van der Waals surface area contributed by atoms with Gasteiger partial charge in [-0.25, -0.2) is 0 Å². The molecule has 1 aromatic rings. The van der Waals surface area contributed by atoms with Gasteiger partial charge in [-0.15, -0.1) is 0 Å². The molecule has 2 unspecified atom stereocenters. The summed E-state index contributed by atoms with van der Waals surface area (Å²) in [6.45, 7) is 1.15. The molecule has 2 aliphatic rings. The number of fused-ring (bicyclic) bond motifs is 1. The van der Waals surface area contributed by atoms with Crippen LogP contribution in [0.5, 0.6) is 11.5 Å². The Labute approximate surface area is 112 Å². The highest BCUT2D eigenvalue weighted by Gasteiger charge is 2.30. The number of benzene rings is 1. The number of ketones is 1. The first-order valence-electron chi connectivity index (χ1n) is 6.73. The van der Waals surface area contributed by atoms with Crippen molar-refractivity contribution in [1.82, 2.24) is 0 Å². The molecule has 0 bridgehead atoms. The van der Waals surface area contributed by atoms with Crippen molar-refractivity contribution in [2.45, 2.75) is 31.3 Å². The van der Waals surface area contributed by atoms with Gasteiger partial charge in [0.15, 0.2) is 11.5 Å². The van der Waals surface area contributed by atoms with Gasteiger partial charge in [-0.05, 0) is 30.5 Å². The monoisotopic (exact) mass is 262 g/mol. The van der Waals surface area contributed by atoms with E-state index in [-0.39, 0.29) is 12.0 Å². The number of ether oxygens (including phenoxy) is 3. The molecule has 0 saturated heterocycles. The quantitative estimate of drug-likeness (QED) is 0.820. The molecule has 1 aliphatic carbocycles. The van der Waals surface area contributed by atoms with Crippen LogP contribution >= 0.6 is 0 Å². The predicted octanol–water partition coefficient (Wildman–Crippen LogP) is 2.31. The molecule has 19 heavy (non-hydrogen) atoms. The van der Waals surface area contributed by atoms with Crippen LogP contribution in [0.1, 0.15) is 30.7 Å². The first-order chi connectivity index (χ1) is 9.28. The van der Waals surface area contributed by atoms with Crippen LogP contribution in [0.4, 0.5) is 0 Å². The Kier molecular flexibility index (Phi) is 3.42.